The Hall–Kier alpha value is -0.0400. The van der Waals surface area contributed by atoms with Gasteiger partial charge in [-0.05, 0) is 57.9 Å². The van der Waals surface area contributed by atoms with Gasteiger partial charge in [0.1, 0.15) is 0 Å². The van der Waals surface area contributed by atoms with Crippen LogP contribution in [0.4, 0.5) is 0 Å². The summed E-state index contributed by atoms with van der Waals surface area (Å²) >= 11 is 0. The first-order chi connectivity index (χ1) is 7.70. The summed E-state index contributed by atoms with van der Waals surface area (Å²) in [5.41, 5.74) is 0.257. The molecule has 0 spiro atoms. The topological polar surface area (TPSA) is 12.0 Å². The summed E-state index contributed by atoms with van der Waals surface area (Å²) in [6.07, 6.45) is 5.52. The Balaban J connectivity index is 3.96. The maximum Gasteiger partial charge on any atom is 0.00966 e. The van der Waals surface area contributed by atoms with Gasteiger partial charge in [-0.2, -0.15) is 0 Å². The summed E-state index contributed by atoms with van der Waals surface area (Å²) in [4.78, 5) is 0. The van der Waals surface area contributed by atoms with Gasteiger partial charge in [0.15, 0.2) is 0 Å². The van der Waals surface area contributed by atoms with E-state index in [-0.39, 0.29) is 5.54 Å². The minimum Gasteiger partial charge on any atom is -0.312 e. The van der Waals surface area contributed by atoms with Crippen LogP contribution in [-0.4, -0.2) is 12.1 Å². The number of hydrogen-bond donors (Lipinski definition) is 1. The molecule has 1 unspecified atom stereocenters. The molecular formula is C16H35N. The van der Waals surface area contributed by atoms with Gasteiger partial charge in [0.2, 0.25) is 0 Å². The maximum atomic E-state index is 3.67. The fourth-order valence-electron chi connectivity index (χ4n) is 2.24. The van der Waals surface area contributed by atoms with Crippen molar-refractivity contribution >= 4 is 0 Å². The molecule has 17 heavy (non-hydrogen) atoms. The quantitative estimate of drug-likeness (QED) is 0.639. The van der Waals surface area contributed by atoms with Gasteiger partial charge in [0, 0.05) is 5.54 Å². The van der Waals surface area contributed by atoms with E-state index >= 15 is 0 Å². The third-order valence-corrected chi connectivity index (χ3v) is 3.12. The minimum atomic E-state index is 0.257. The van der Waals surface area contributed by atoms with E-state index in [4.69, 9.17) is 0 Å². The molecule has 104 valence electrons. The molecule has 0 saturated heterocycles. The van der Waals surface area contributed by atoms with Crippen LogP contribution in [-0.2, 0) is 0 Å². The second-order valence-corrected chi connectivity index (χ2v) is 7.45. The zero-order valence-corrected chi connectivity index (χ0v) is 13.3. The molecule has 1 heteroatoms. The Morgan fingerprint density at radius 3 is 1.88 bits per heavy atom. The van der Waals surface area contributed by atoms with Crippen LogP contribution in [0.2, 0.25) is 0 Å². The molecule has 0 saturated carbocycles. The van der Waals surface area contributed by atoms with Gasteiger partial charge in [-0.15, -0.1) is 0 Å². The summed E-state index contributed by atoms with van der Waals surface area (Å²) in [6.45, 7) is 17.3. The Kier molecular flexibility index (Phi) is 8.11. The summed E-state index contributed by atoms with van der Waals surface area (Å²) in [5, 5.41) is 3.67. The molecule has 0 rings (SSSR count). The molecule has 0 radical (unpaired) electrons. The van der Waals surface area contributed by atoms with Crippen molar-refractivity contribution in [2.75, 3.05) is 6.54 Å². The summed E-state index contributed by atoms with van der Waals surface area (Å²) in [7, 11) is 0. The Labute approximate surface area is 110 Å². The monoisotopic (exact) mass is 241 g/mol. The number of rotatable bonds is 8. The van der Waals surface area contributed by atoms with Gasteiger partial charge in [-0.1, -0.05) is 40.5 Å². The third-order valence-electron chi connectivity index (χ3n) is 3.12. The van der Waals surface area contributed by atoms with Gasteiger partial charge in [0.05, 0.1) is 0 Å². The molecular weight excluding hydrogens is 206 g/mol. The lowest BCUT2D eigenvalue weighted by molar-refractivity contribution is 0.309. The lowest BCUT2D eigenvalue weighted by Gasteiger charge is -2.26. The highest BCUT2D eigenvalue weighted by molar-refractivity contribution is 4.74. The second-order valence-electron chi connectivity index (χ2n) is 7.45. The van der Waals surface area contributed by atoms with Crippen LogP contribution in [0.25, 0.3) is 0 Å². The first-order valence-corrected chi connectivity index (χ1v) is 7.45. The van der Waals surface area contributed by atoms with Gasteiger partial charge < -0.3 is 5.32 Å². The highest BCUT2D eigenvalue weighted by atomic mass is 14.9. The highest BCUT2D eigenvalue weighted by Crippen LogP contribution is 2.20. The molecule has 0 aliphatic carbocycles. The highest BCUT2D eigenvalue weighted by Gasteiger charge is 2.15. The second kappa shape index (κ2) is 8.13. The van der Waals surface area contributed by atoms with Crippen molar-refractivity contribution in [1.29, 1.82) is 0 Å². The molecule has 0 aliphatic heterocycles. The zero-order valence-electron chi connectivity index (χ0n) is 13.3. The predicted octanol–water partition coefficient (Wildman–Crippen LogP) is 4.86. The van der Waals surface area contributed by atoms with Crippen LogP contribution in [0, 0.1) is 17.8 Å². The van der Waals surface area contributed by atoms with Gasteiger partial charge in [-0.25, -0.2) is 0 Å². The lowest BCUT2D eigenvalue weighted by Crippen LogP contribution is -2.39. The molecule has 0 aromatic carbocycles. The van der Waals surface area contributed by atoms with Crippen molar-refractivity contribution < 1.29 is 0 Å². The summed E-state index contributed by atoms with van der Waals surface area (Å²) < 4.78 is 0. The largest absolute Gasteiger partial charge is 0.312 e. The van der Waals surface area contributed by atoms with E-state index in [0.29, 0.717) is 0 Å². The summed E-state index contributed by atoms with van der Waals surface area (Å²) in [6, 6.07) is 0. The zero-order chi connectivity index (χ0) is 13.5. The first-order valence-electron chi connectivity index (χ1n) is 7.45. The van der Waals surface area contributed by atoms with E-state index in [1.54, 1.807) is 0 Å². The smallest absolute Gasteiger partial charge is 0.00966 e. The minimum absolute atomic E-state index is 0.257. The first kappa shape index (κ1) is 17.0. The normalized spacial score (nSPS) is 14.6. The van der Waals surface area contributed by atoms with E-state index < -0.39 is 0 Å². The number of hydrogen-bond acceptors (Lipinski definition) is 1. The van der Waals surface area contributed by atoms with E-state index in [0.717, 1.165) is 17.8 Å². The molecule has 0 aromatic rings. The fraction of sp³-hybridized carbons (Fsp3) is 1.00. The van der Waals surface area contributed by atoms with Crippen molar-refractivity contribution in [2.45, 2.75) is 79.7 Å². The van der Waals surface area contributed by atoms with Crippen LogP contribution >= 0.6 is 0 Å². The Morgan fingerprint density at radius 2 is 1.47 bits per heavy atom. The SMILES string of the molecule is CC(C)CCCC(CNC(C)(C)C)CC(C)C. The van der Waals surface area contributed by atoms with E-state index in [1.165, 1.54) is 32.2 Å². The van der Waals surface area contributed by atoms with Crippen LogP contribution in [0.15, 0.2) is 0 Å². The van der Waals surface area contributed by atoms with Gasteiger partial charge >= 0.3 is 0 Å². The Bertz CT molecular complexity index is 176. The van der Waals surface area contributed by atoms with Crippen LogP contribution in [0.5, 0.6) is 0 Å². The summed E-state index contributed by atoms with van der Waals surface area (Å²) in [5.74, 6) is 2.53. The van der Waals surface area contributed by atoms with Crippen molar-refractivity contribution in [3.63, 3.8) is 0 Å². The van der Waals surface area contributed by atoms with Crippen molar-refractivity contribution in [2.24, 2.45) is 17.8 Å². The molecule has 0 aliphatic rings. The molecule has 0 heterocycles. The predicted molar refractivity (Wildman–Crippen MR) is 79.4 cm³/mol. The maximum absolute atomic E-state index is 3.67. The van der Waals surface area contributed by atoms with E-state index in [9.17, 15) is 0 Å². The molecule has 0 amide bonds. The fourth-order valence-corrected chi connectivity index (χ4v) is 2.24. The van der Waals surface area contributed by atoms with Gasteiger partial charge in [-0.3, -0.25) is 0 Å². The molecule has 1 N–H and O–H groups in total. The van der Waals surface area contributed by atoms with Crippen molar-refractivity contribution in [3.05, 3.63) is 0 Å². The molecule has 0 aromatic heterocycles. The third kappa shape index (κ3) is 12.2. The van der Waals surface area contributed by atoms with Crippen LogP contribution < -0.4 is 5.32 Å². The van der Waals surface area contributed by atoms with Crippen LogP contribution in [0.3, 0.4) is 0 Å². The van der Waals surface area contributed by atoms with E-state index in [1.807, 2.05) is 0 Å². The van der Waals surface area contributed by atoms with Crippen molar-refractivity contribution in [1.82, 2.24) is 5.32 Å². The standard InChI is InChI=1S/C16H35N/c1-13(2)9-8-10-15(11-14(3)4)12-17-16(5,6)7/h13-15,17H,8-12H2,1-7H3. The van der Waals surface area contributed by atoms with Gasteiger partial charge in [0.25, 0.3) is 0 Å². The van der Waals surface area contributed by atoms with E-state index in [2.05, 4.69) is 53.8 Å². The number of nitrogens with one attached hydrogen (secondary N) is 1. The van der Waals surface area contributed by atoms with Crippen molar-refractivity contribution in [3.8, 4) is 0 Å². The molecule has 1 nitrogen and oxygen atoms in total. The Morgan fingerprint density at radius 1 is 0.882 bits per heavy atom. The average molecular weight is 241 g/mol. The molecule has 1 atom stereocenters. The lowest BCUT2D eigenvalue weighted by atomic mass is 9.90. The van der Waals surface area contributed by atoms with Crippen LogP contribution in [0.1, 0.15) is 74.1 Å². The molecule has 0 bridgehead atoms. The average Bonchev–Trinajstić information content (AvgIpc) is 2.11. The molecule has 0 fully saturated rings.